The Kier molecular flexibility index (Phi) is 5.89. The molecule has 0 aliphatic carbocycles. The largest absolute Gasteiger partial charge is 0.495 e. The number of amides is 1. The van der Waals surface area contributed by atoms with Crippen LogP contribution in [0.2, 0.25) is 5.02 Å². The summed E-state index contributed by atoms with van der Waals surface area (Å²) in [5, 5.41) is 3.01. The van der Waals surface area contributed by atoms with E-state index in [-0.39, 0.29) is 6.61 Å². The maximum Gasteiger partial charge on any atom is 0.330 e. The highest BCUT2D eigenvalue weighted by atomic mass is 35.5. The fourth-order valence-electron chi connectivity index (χ4n) is 1.29. The summed E-state index contributed by atoms with van der Waals surface area (Å²) in [6, 6.07) is 4.82. The van der Waals surface area contributed by atoms with Gasteiger partial charge < -0.3 is 14.8 Å². The van der Waals surface area contributed by atoms with E-state index in [1.807, 2.05) is 0 Å². The molecule has 0 aliphatic rings. The second-order valence-corrected chi connectivity index (χ2v) is 3.94. The first-order valence-corrected chi connectivity index (χ1v) is 5.87. The van der Waals surface area contributed by atoms with Crippen LogP contribution in [0.25, 0.3) is 0 Å². The number of anilines is 1. The first-order valence-electron chi connectivity index (χ1n) is 5.49. The summed E-state index contributed by atoms with van der Waals surface area (Å²) in [5.41, 5.74) is 0.419. The van der Waals surface area contributed by atoms with Crippen LogP contribution in [0.4, 0.5) is 5.69 Å². The van der Waals surface area contributed by atoms with Crippen molar-refractivity contribution >= 4 is 29.2 Å². The Bertz CT molecular complexity index is 499. The summed E-state index contributed by atoms with van der Waals surface area (Å²) in [6.07, 6.45) is 2.76. The predicted octanol–water partition coefficient (Wildman–Crippen LogP) is 2.41. The van der Waals surface area contributed by atoms with E-state index in [1.165, 1.54) is 19.3 Å². The molecule has 0 aromatic heterocycles. The van der Waals surface area contributed by atoms with Crippen LogP contribution in [0.1, 0.15) is 6.92 Å². The molecule has 0 unspecified atom stereocenters. The molecule has 0 saturated heterocycles. The van der Waals surface area contributed by atoms with Gasteiger partial charge in [-0.1, -0.05) is 17.7 Å². The molecule has 0 saturated carbocycles. The zero-order valence-electron chi connectivity index (χ0n) is 10.6. The number of hydrogen-bond acceptors (Lipinski definition) is 4. The highest BCUT2D eigenvalue weighted by Gasteiger charge is 2.09. The lowest BCUT2D eigenvalue weighted by molar-refractivity contribution is -0.142. The number of benzene rings is 1. The maximum absolute atomic E-state index is 11.6. The summed E-state index contributed by atoms with van der Waals surface area (Å²) in [4.78, 5) is 22.6. The van der Waals surface area contributed by atoms with E-state index < -0.39 is 11.9 Å². The molecule has 0 bridgehead atoms. The number of ether oxygens (including phenoxy) is 2. The van der Waals surface area contributed by atoms with Gasteiger partial charge in [-0.3, -0.25) is 4.79 Å². The average Bonchev–Trinajstić information content (AvgIpc) is 2.37. The van der Waals surface area contributed by atoms with Gasteiger partial charge in [0.1, 0.15) is 5.75 Å². The fraction of sp³-hybridized carbons (Fsp3) is 0.231. The van der Waals surface area contributed by atoms with Crippen LogP contribution in [-0.4, -0.2) is 25.6 Å². The normalized spacial score (nSPS) is 10.3. The average molecular weight is 284 g/mol. The van der Waals surface area contributed by atoms with Crippen molar-refractivity contribution in [3.63, 3.8) is 0 Å². The molecule has 1 rings (SSSR count). The third-order valence-electron chi connectivity index (χ3n) is 2.08. The molecular formula is C13H14ClNO4. The van der Waals surface area contributed by atoms with Gasteiger partial charge in [0.25, 0.3) is 5.91 Å². The molecule has 5 nitrogen and oxygen atoms in total. The number of allylic oxidation sites excluding steroid dienone is 1. The first kappa shape index (κ1) is 15.0. The van der Waals surface area contributed by atoms with E-state index in [2.05, 4.69) is 5.32 Å². The lowest BCUT2D eigenvalue weighted by Gasteiger charge is -2.10. The summed E-state index contributed by atoms with van der Waals surface area (Å²) < 4.78 is 9.78. The zero-order chi connectivity index (χ0) is 14.3. The van der Waals surface area contributed by atoms with Gasteiger partial charge in [0.15, 0.2) is 6.61 Å². The number of nitrogens with one attached hydrogen (secondary N) is 1. The molecule has 102 valence electrons. The van der Waals surface area contributed by atoms with Crippen LogP contribution >= 0.6 is 11.6 Å². The Morgan fingerprint density at radius 2 is 2.16 bits per heavy atom. The molecule has 1 aromatic rings. The molecule has 6 heteroatoms. The number of esters is 1. The molecule has 1 N–H and O–H groups in total. The molecule has 0 aliphatic heterocycles. The topological polar surface area (TPSA) is 64.6 Å². The Balaban J connectivity index is 2.61. The molecule has 1 amide bonds. The first-order chi connectivity index (χ1) is 9.06. The van der Waals surface area contributed by atoms with E-state index in [0.29, 0.717) is 16.5 Å². The van der Waals surface area contributed by atoms with Crippen LogP contribution in [0.3, 0.4) is 0 Å². The fourth-order valence-corrected chi connectivity index (χ4v) is 1.46. The van der Waals surface area contributed by atoms with E-state index in [9.17, 15) is 9.59 Å². The minimum atomic E-state index is -0.573. The number of hydrogen-bond donors (Lipinski definition) is 1. The van der Waals surface area contributed by atoms with Gasteiger partial charge in [-0.2, -0.15) is 0 Å². The lowest BCUT2D eigenvalue weighted by atomic mass is 10.3. The van der Waals surface area contributed by atoms with Crippen LogP contribution in [-0.2, 0) is 14.3 Å². The van der Waals surface area contributed by atoms with Gasteiger partial charge in [-0.05, 0) is 25.1 Å². The lowest BCUT2D eigenvalue weighted by Crippen LogP contribution is -2.20. The van der Waals surface area contributed by atoms with E-state index in [1.54, 1.807) is 25.1 Å². The third-order valence-corrected chi connectivity index (χ3v) is 2.32. The summed E-state index contributed by atoms with van der Waals surface area (Å²) in [7, 11) is 1.48. The van der Waals surface area contributed by atoms with Crippen LogP contribution in [0, 0.1) is 0 Å². The zero-order valence-corrected chi connectivity index (χ0v) is 11.4. The molecule has 0 atom stereocenters. The molecule has 0 spiro atoms. The molecule has 0 radical (unpaired) electrons. The van der Waals surface area contributed by atoms with Crippen LogP contribution < -0.4 is 10.1 Å². The number of carbonyl (C=O) groups excluding carboxylic acids is 2. The number of methoxy groups -OCH3 is 1. The van der Waals surface area contributed by atoms with Crippen molar-refractivity contribution in [2.24, 2.45) is 0 Å². The van der Waals surface area contributed by atoms with Crippen LogP contribution in [0.5, 0.6) is 5.75 Å². The summed E-state index contributed by atoms with van der Waals surface area (Å²) in [5.74, 6) is -0.577. The smallest absolute Gasteiger partial charge is 0.330 e. The van der Waals surface area contributed by atoms with E-state index >= 15 is 0 Å². The standard InChI is InChI=1S/C13H14ClNO4/c1-3-4-13(17)19-8-12(16)15-10-7-9(14)5-6-11(10)18-2/h3-7H,8H2,1-2H3,(H,15,16)/b4-3+. The van der Waals surface area contributed by atoms with Gasteiger partial charge >= 0.3 is 5.97 Å². The monoisotopic (exact) mass is 283 g/mol. The van der Waals surface area contributed by atoms with Crippen LogP contribution in [0.15, 0.2) is 30.4 Å². The molecule has 0 fully saturated rings. The molecule has 0 heterocycles. The van der Waals surface area contributed by atoms with Crippen molar-refractivity contribution in [2.45, 2.75) is 6.92 Å². The molecule has 1 aromatic carbocycles. The number of rotatable bonds is 5. The van der Waals surface area contributed by atoms with Gasteiger partial charge in [0, 0.05) is 11.1 Å². The molecule has 19 heavy (non-hydrogen) atoms. The van der Waals surface area contributed by atoms with E-state index in [4.69, 9.17) is 21.1 Å². The van der Waals surface area contributed by atoms with Gasteiger partial charge in [0.2, 0.25) is 0 Å². The van der Waals surface area contributed by atoms with Gasteiger partial charge in [-0.15, -0.1) is 0 Å². The Hall–Kier alpha value is -2.01. The predicted molar refractivity (Wildman–Crippen MR) is 72.4 cm³/mol. The minimum absolute atomic E-state index is 0.376. The highest BCUT2D eigenvalue weighted by molar-refractivity contribution is 6.31. The van der Waals surface area contributed by atoms with Crippen molar-refractivity contribution in [1.82, 2.24) is 0 Å². The van der Waals surface area contributed by atoms with Crippen molar-refractivity contribution < 1.29 is 19.1 Å². The number of carbonyl (C=O) groups is 2. The second-order valence-electron chi connectivity index (χ2n) is 3.50. The Labute approximate surface area is 116 Å². The Morgan fingerprint density at radius 3 is 2.79 bits per heavy atom. The van der Waals surface area contributed by atoms with Gasteiger partial charge in [-0.25, -0.2) is 4.79 Å². The van der Waals surface area contributed by atoms with E-state index in [0.717, 1.165) is 0 Å². The summed E-state index contributed by atoms with van der Waals surface area (Å²) >= 11 is 5.82. The Morgan fingerprint density at radius 1 is 1.42 bits per heavy atom. The highest BCUT2D eigenvalue weighted by Crippen LogP contribution is 2.27. The third kappa shape index (κ3) is 5.01. The minimum Gasteiger partial charge on any atom is -0.495 e. The second kappa shape index (κ2) is 7.43. The van der Waals surface area contributed by atoms with Crippen molar-refractivity contribution in [3.05, 3.63) is 35.4 Å². The quantitative estimate of drug-likeness (QED) is 0.666. The maximum atomic E-state index is 11.6. The van der Waals surface area contributed by atoms with Crippen molar-refractivity contribution in [3.8, 4) is 5.75 Å². The van der Waals surface area contributed by atoms with Crippen molar-refractivity contribution in [2.75, 3.05) is 19.0 Å². The van der Waals surface area contributed by atoms with Crippen molar-refractivity contribution in [1.29, 1.82) is 0 Å². The molecular weight excluding hydrogens is 270 g/mol. The summed E-state index contributed by atoms with van der Waals surface area (Å²) in [6.45, 7) is 1.30. The number of halogens is 1. The van der Waals surface area contributed by atoms with Gasteiger partial charge in [0.05, 0.1) is 12.8 Å². The SMILES string of the molecule is C/C=C/C(=O)OCC(=O)Nc1cc(Cl)ccc1OC.